The van der Waals surface area contributed by atoms with Gasteiger partial charge in [-0.1, -0.05) is 0 Å². The predicted molar refractivity (Wildman–Crippen MR) is 65.7 cm³/mol. The molecule has 1 saturated heterocycles. The van der Waals surface area contributed by atoms with Gasteiger partial charge in [0.25, 0.3) is 0 Å². The van der Waals surface area contributed by atoms with Crippen molar-refractivity contribution in [3.8, 4) is 0 Å². The van der Waals surface area contributed by atoms with Crippen molar-refractivity contribution in [3.63, 3.8) is 0 Å². The Bertz CT molecular complexity index is 343. The first-order chi connectivity index (χ1) is 7.42. The average molecular weight is 266 g/mol. The maximum absolute atomic E-state index is 11.5. The van der Waals surface area contributed by atoms with Crippen LogP contribution in [0.15, 0.2) is 0 Å². The number of hydrogen-bond donors (Lipinski definition) is 1. The molecule has 1 aliphatic heterocycles. The number of rotatable bonds is 6. The molecule has 5 nitrogen and oxygen atoms in total. The van der Waals surface area contributed by atoms with Gasteiger partial charge >= 0.3 is 0 Å². The van der Waals surface area contributed by atoms with Crippen LogP contribution in [0.25, 0.3) is 0 Å². The van der Waals surface area contributed by atoms with Crippen molar-refractivity contribution in [1.29, 1.82) is 0 Å². The van der Waals surface area contributed by atoms with E-state index in [9.17, 15) is 13.2 Å². The lowest BCUT2D eigenvalue weighted by Gasteiger charge is -2.15. The molecule has 1 heterocycles. The highest BCUT2D eigenvalue weighted by molar-refractivity contribution is 7.98. The van der Waals surface area contributed by atoms with Crippen LogP contribution in [0, 0.1) is 5.92 Å². The van der Waals surface area contributed by atoms with Gasteiger partial charge in [0.2, 0.25) is 15.9 Å². The summed E-state index contributed by atoms with van der Waals surface area (Å²) in [7, 11) is -3.46. The third kappa shape index (κ3) is 4.71. The lowest BCUT2D eigenvalue weighted by atomic mass is 10.1. The third-order valence-electron chi connectivity index (χ3n) is 2.54. The number of hydrogen-bond acceptors (Lipinski definition) is 4. The fourth-order valence-corrected chi connectivity index (χ4v) is 3.21. The number of amides is 1. The van der Waals surface area contributed by atoms with E-state index in [-0.39, 0.29) is 17.6 Å². The van der Waals surface area contributed by atoms with Gasteiger partial charge in [0.15, 0.2) is 0 Å². The Morgan fingerprint density at radius 1 is 1.56 bits per heavy atom. The molecule has 1 unspecified atom stereocenters. The van der Waals surface area contributed by atoms with Crippen LogP contribution in [-0.2, 0) is 14.8 Å². The highest BCUT2D eigenvalue weighted by Crippen LogP contribution is 2.19. The molecule has 1 amide bonds. The Labute approximate surface area is 101 Å². The summed E-state index contributed by atoms with van der Waals surface area (Å²) in [5.74, 6) is 0.855. The van der Waals surface area contributed by atoms with E-state index < -0.39 is 10.0 Å². The molecule has 1 fully saturated rings. The molecule has 7 heteroatoms. The van der Waals surface area contributed by atoms with Gasteiger partial charge in [-0.05, 0) is 18.4 Å². The summed E-state index contributed by atoms with van der Waals surface area (Å²) in [6.45, 7) is 1.25. The summed E-state index contributed by atoms with van der Waals surface area (Å²) in [5, 5.41) is 4.97. The number of likely N-dealkylation sites (tertiary alicyclic amines) is 1. The van der Waals surface area contributed by atoms with Crippen LogP contribution in [0.2, 0.25) is 0 Å². The molecule has 16 heavy (non-hydrogen) atoms. The van der Waals surface area contributed by atoms with E-state index in [1.807, 2.05) is 6.26 Å². The van der Waals surface area contributed by atoms with Crippen LogP contribution < -0.4 is 5.14 Å². The molecule has 1 aliphatic rings. The summed E-state index contributed by atoms with van der Waals surface area (Å²) in [6.07, 6.45) is 3.29. The van der Waals surface area contributed by atoms with Crippen molar-refractivity contribution >= 4 is 27.7 Å². The smallest absolute Gasteiger partial charge is 0.222 e. The van der Waals surface area contributed by atoms with Gasteiger partial charge < -0.3 is 4.90 Å². The van der Waals surface area contributed by atoms with Gasteiger partial charge in [-0.15, -0.1) is 0 Å². The lowest BCUT2D eigenvalue weighted by Crippen LogP contribution is -2.28. The lowest BCUT2D eigenvalue weighted by molar-refractivity contribution is -0.127. The normalized spacial score (nSPS) is 21.8. The van der Waals surface area contributed by atoms with E-state index in [2.05, 4.69) is 0 Å². The number of nitrogens with zero attached hydrogens (tertiary/aromatic N) is 1. The first-order valence-corrected chi connectivity index (χ1v) is 8.30. The molecule has 0 aromatic rings. The van der Waals surface area contributed by atoms with Gasteiger partial charge in [0.05, 0.1) is 5.75 Å². The summed E-state index contributed by atoms with van der Waals surface area (Å²) < 4.78 is 21.8. The van der Waals surface area contributed by atoms with Crippen molar-refractivity contribution in [1.82, 2.24) is 4.90 Å². The minimum Gasteiger partial charge on any atom is -0.342 e. The maximum Gasteiger partial charge on any atom is 0.222 e. The largest absolute Gasteiger partial charge is 0.342 e. The summed E-state index contributed by atoms with van der Waals surface area (Å²) in [6, 6.07) is 0. The molecule has 0 bridgehead atoms. The third-order valence-corrected chi connectivity index (χ3v) is 4.17. The first kappa shape index (κ1) is 13.8. The Morgan fingerprint density at radius 3 is 2.81 bits per heavy atom. The minimum absolute atomic E-state index is 0.0507. The van der Waals surface area contributed by atoms with E-state index >= 15 is 0 Å². The van der Waals surface area contributed by atoms with Crippen molar-refractivity contribution in [3.05, 3.63) is 0 Å². The van der Waals surface area contributed by atoms with Crippen LogP contribution in [0.3, 0.4) is 0 Å². The standard InChI is InChI=1S/C9H18N2O3S2/c1-15-4-2-3-11-6-8(5-9(11)12)7-16(10,13)14/h8H,2-7H2,1H3,(H2,10,13,14). The van der Waals surface area contributed by atoms with Crippen molar-refractivity contribution in [2.24, 2.45) is 11.1 Å². The quantitative estimate of drug-likeness (QED) is 0.679. The Kier molecular flexibility index (Phi) is 5.07. The first-order valence-electron chi connectivity index (χ1n) is 5.19. The highest BCUT2D eigenvalue weighted by Gasteiger charge is 2.31. The SMILES string of the molecule is CSCCCN1CC(CS(N)(=O)=O)CC1=O. The number of nitrogens with two attached hydrogens (primary N) is 1. The van der Waals surface area contributed by atoms with Gasteiger partial charge in [0.1, 0.15) is 0 Å². The van der Waals surface area contributed by atoms with Crippen LogP contribution in [-0.4, -0.2) is 50.1 Å². The zero-order chi connectivity index (χ0) is 12.2. The fourth-order valence-electron chi connectivity index (χ4n) is 1.91. The molecule has 2 N–H and O–H groups in total. The van der Waals surface area contributed by atoms with Crippen LogP contribution >= 0.6 is 11.8 Å². The highest BCUT2D eigenvalue weighted by atomic mass is 32.2. The summed E-state index contributed by atoms with van der Waals surface area (Å²) in [4.78, 5) is 13.3. The van der Waals surface area contributed by atoms with Gasteiger partial charge in [0, 0.05) is 25.4 Å². The molecule has 0 aliphatic carbocycles. The molecule has 1 rings (SSSR count). The average Bonchev–Trinajstić information content (AvgIpc) is 2.44. The van der Waals surface area contributed by atoms with Crippen LogP contribution in [0.1, 0.15) is 12.8 Å². The molecule has 0 radical (unpaired) electrons. The number of carbonyl (C=O) groups excluding carboxylic acids is 1. The summed E-state index contributed by atoms with van der Waals surface area (Å²) in [5.41, 5.74) is 0. The molecular formula is C9H18N2O3S2. The van der Waals surface area contributed by atoms with Gasteiger partial charge in [-0.2, -0.15) is 11.8 Å². The zero-order valence-corrected chi connectivity index (χ0v) is 11.0. The van der Waals surface area contributed by atoms with E-state index in [0.29, 0.717) is 13.0 Å². The van der Waals surface area contributed by atoms with E-state index in [4.69, 9.17) is 5.14 Å². The maximum atomic E-state index is 11.5. The second-order valence-electron chi connectivity index (χ2n) is 4.09. The fraction of sp³-hybridized carbons (Fsp3) is 0.889. The molecular weight excluding hydrogens is 248 g/mol. The monoisotopic (exact) mass is 266 g/mol. The van der Waals surface area contributed by atoms with Crippen molar-refractivity contribution in [2.75, 3.05) is 30.9 Å². The number of carbonyl (C=O) groups is 1. The van der Waals surface area contributed by atoms with E-state index in [1.165, 1.54) is 0 Å². The number of sulfonamides is 1. The Hall–Kier alpha value is -0.270. The van der Waals surface area contributed by atoms with Gasteiger partial charge in [-0.25, -0.2) is 13.6 Å². The molecule has 0 aromatic carbocycles. The van der Waals surface area contributed by atoms with Crippen LogP contribution in [0.4, 0.5) is 0 Å². The predicted octanol–water partition coefficient (Wildman–Crippen LogP) is -0.123. The molecule has 0 spiro atoms. The molecule has 0 saturated carbocycles. The zero-order valence-electron chi connectivity index (χ0n) is 9.39. The Balaban J connectivity index is 2.38. The molecule has 0 aromatic heterocycles. The van der Waals surface area contributed by atoms with E-state index in [0.717, 1.165) is 18.7 Å². The van der Waals surface area contributed by atoms with Gasteiger partial charge in [-0.3, -0.25) is 4.79 Å². The van der Waals surface area contributed by atoms with Crippen molar-refractivity contribution < 1.29 is 13.2 Å². The van der Waals surface area contributed by atoms with Crippen molar-refractivity contribution in [2.45, 2.75) is 12.8 Å². The second kappa shape index (κ2) is 5.88. The van der Waals surface area contributed by atoms with Crippen LogP contribution in [0.5, 0.6) is 0 Å². The second-order valence-corrected chi connectivity index (χ2v) is 6.73. The Morgan fingerprint density at radius 2 is 2.25 bits per heavy atom. The molecule has 94 valence electrons. The van der Waals surface area contributed by atoms with E-state index in [1.54, 1.807) is 16.7 Å². The topological polar surface area (TPSA) is 80.5 Å². The molecule has 1 atom stereocenters. The summed E-state index contributed by atoms with van der Waals surface area (Å²) >= 11 is 1.74. The number of primary sulfonamides is 1. The minimum atomic E-state index is -3.46. The number of thioether (sulfide) groups is 1.